The molecule has 0 saturated carbocycles. The summed E-state index contributed by atoms with van der Waals surface area (Å²) in [6, 6.07) is -5.86. The van der Waals surface area contributed by atoms with Gasteiger partial charge in [0.2, 0.25) is 47.3 Å². The molecule has 0 aromatic rings. The van der Waals surface area contributed by atoms with Gasteiger partial charge in [-0.05, 0) is 95.3 Å². The van der Waals surface area contributed by atoms with Gasteiger partial charge in [-0.1, -0.05) is 55.4 Å². The number of hydrogen-bond acceptors (Lipinski definition) is 11. The number of nitrogens with one attached hydrogen (secondary N) is 2. The van der Waals surface area contributed by atoms with E-state index >= 15 is 0 Å². The molecule has 2 N–H and O–H groups in total. The van der Waals surface area contributed by atoms with Gasteiger partial charge in [0, 0.05) is 78.2 Å². The fourth-order valence-corrected chi connectivity index (χ4v) is 10.8. The standard InChI is InChI=1S/C53H88N8O11/c1-13-58-31-46(64)55-40(24-32(2)3)51(69)61-21-15-17-42(61)52(70)56(11)43(25-33(4)5)45(63)28-36(9)48(66)59(29-38-18-22-72-23-19-38)30-39(62)27-35(8)49(67)60-20-14-16-41(60)53(71)57(12)44(26-34(6)7)47(65)54-37(10)50(58)68/h32-38,40-44H,13-31H2,1-12H3,(H,54,65)(H,55,64)/t35-,36-,37+,40+,41-,42-,43+,44+/m1/s1. The molecule has 0 aromatic heterocycles. The Kier molecular flexibility index (Phi) is 22.7. The Bertz CT molecular complexity index is 1950. The molecule has 4 aliphatic heterocycles. The number of carbonyl (C=O) groups excluding carboxylic acids is 10. The summed E-state index contributed by atoms with van der Waals surface area (Å²) >= 11 is 0. The van der Waals surface area contributed by atoms with Crippen molar-refractivity contribution in [2.75, 3.05) is 66.6 Å². The molecule has 0 aliphatic carbocycles. The van der Waals surface area contributed by atoms with E-state index in [9.17, 15) is 47.9 Å². The van der Waals surface area contributed by atoms with Crippen molar-refractivity contribution < 1.29 is 52.7 Å². The van der Waals surface area contributed by atoms with Crippen molar-refractivity contribution in [2.24, 2.45) is 35.5 Å². The highest BCUT2D eigenvalue weighted by atomic mass is 16.5. The summed E-state index contributed by atoms with van der Waals surface area (Å²) in [5.74, 6) is -6.25. The predicted molar refractivity (Wildman–Crippen MR) is 270 cm³/mol. The van der Waals surface area contributed by atoms with E-state index in [1.807, 2.05) is 41.5 Å². The lowest BCUT2D eigenvalue weighted by Gasteiger charge is -2.36. The van der Waals surface area contributed by atoms with E-state index in [1.54, 1.807) is 27.8 Å². The molecule has 0 aromatic carbocycles. The molecule has 4 aliphatic rings. The van der Waals surface area contributed by atoms with Crippen LogP contribution in [-0.4, -0.2) is 191 Å². The minimum atomic E-state index is -1.11. The van der Waals surface area contributed by atoms with E-state index in [0.29, 0.717) is 58.2 Å². The Morgan fingerprint density at radius 2 is 1.08 bits per heavy atom. The number of Topliss-reactive ketones (excluding diaryl/α,β-unsaturated/α-hetero) is 2. The van der Waals surface area contributed by atoms with Crippen molar-refractivity contribution in [1.29, 1.82) is 0 Å². The van der Waals surface area contributed by atoms with Crippen LogP contribution in [0.4, 0.5) is 0 Å². The van der Waals surface area contributed by atoms with Gasteiger partial charge in [0.1, 0.15) is 30.2 Å². The minimum Gasteiger partial charge on any atom is -0.381 e. The molecule has 19 nitrogen and oxygen atoms in total. The Hall–Kier alpha value is -4.94. The first-order valence-electron chi connectivity index (χ1n) is 26.8. The topological polar surface area (TPSA) is 223 Å². The quantitative estimate of drug-likeness (QED) is 0.342. The monoisotopic (exact) mass is 1010 g/mol. The second kappa shape index (κ2) is 27.4. The SMILES string of the molecule is CCN1CC(=O)N[C@@H](CC(C)C)C(=O)N2CCC[C@@H]2C(=O)N(C)[C@@H](CC(C)C)C(=O)C[C@@H](C)C(=O)N(CC2CCOCC2)CC(=O)C[C@@H](C)C(=O)N2CCC[C@@H]2C(=O)N(C)[C@@H](CC(C)C)C(=O)N[C@@H](C)C1=O. The van der Waals surface area contributed by atoms with Gasteiger partial charge in [-0.3, -0.25) is 47.9 Å². The highest BCUT2D eigenvalue weighted by Gasteiger charge is 2.44. The number of rotatable bonds is 9. The summed E-state index contributed by atoms with van der Waals surface area (Å²) in [5.41, 5.74) is 0. The maximum absolute atomic E-state index is 14.5. The van der Waals surface area contributed by atoms with Crippen molar-refractivity contribution in [3.63, 3.8) is 0 Å². The first-order valence-corrected chi connectivity index (χ1v) is 26.8. The lowest BCUT2D eigenvalue weighted by atomic mass is 9.91. The highest BCUT2D eigenvalue weighted by molar-refractivity contribution is 5.98. The molecule has 8 atom stereocenters. The van der Waals surface area contributed by atoms with Gasteiger partial charge in [-0.15, -0.1) is 0 Å². The first kappa shape index (κ1) is 59.6. The van der Waals surface area contributed by atoms with Crippen molar-refractivity contribution in [1.82, 2.24) is 40.0 Å². The maximum atomic E-state index is 14.5. The van der Waals surface area contributed by atoms with Gasteiger partial charge in [0.25, 0.3) is 0 Å². The fourth-order valence-electron chi connectivity index (χ4n) is 10.8. The Morgan fingerprint density at radius 3 is 1.62 bits per heavy atom. The van der Waals surface area contributed by atoms with E-state index in [1.165, 1.54) is 43.4 Å². The third-order valence-corrected chi connectivity index (χ3v) is 14.8. The summed E-state index contributed by atoms with van der Waals surface area (Å²) in [5, 5.41) is 5.62. The molecule has 0 bridgehead atoms. The Labute approximate surface area is 428 Å². The lowest BCUT2D eigenvalue weighted by Crippen LogP contribution is -2.58. The zero-order valence-electron chi connectivity index (χ0n) is 45.5. The van der Waals surface area contributed by atoms with E-state index in [2.05, 4.69) is 10.6 Å². The van der Waals surface area contributed by atoms with Gasteiger partial charge >= 0.3 is 0 Å². The second-order valence-electron chi connectivity index (χ2n) is 22.4. The number of likely N-dealkylation sites (N-methyl/N-ethyl adjacent to an activating group) is 3. The number of ether oxygens (including phenoxy) is 1. The number of ketones is 2. The molecule has 0 spiro atoms. The van der Waals surface area contributed by atoms with Crippen LogP contribution in [-0.2, 0) is 52.7 Å². The number of nitrogens with zero attached hydrogens (tertiary/aromatic N) is 6. The molecule has 4 rings (SSSR count). The minimum absolute atomic E-state index is 0.0205. The van der Waals surface area contributed by atoms with Gasteiger partial charge in [-0.2, -0.15) is 0 Å². The lowest BCUT2D eigenvalue weighted by molar-refractivity contribution is -0.150. The summed E-state index contributed by atoms with van der Waals surface area (Å²) in [4.78, 5) is 151. The number of fused-ring (bicyclic) bond motifs is 2. The average molecular weight is 1010 g/mol. The predicted octanol–water partition coefficient (Wildman–Crippen LogP) is 3.06. The zero-order valence-corrected chi connectivity index (χ0v) is 45.5. The first-order chi connectivity index (χ1) is 33.9. The maximum Gasteiger partial charge on any atom is 0.245 e. The van der Waals surface area contributed by atoms with E-state index < -0.39 is 96.0 Å². The molecule has 0 unspecified atom stereocenters. The molecular weight excluding hydrogens is 925 g/mol. The van der Waals surface area contributed by atoms with Crippen LogP contribution in [0.25, 0.3) is 0 Å². The normalized spacial score (nSPS) is 28.9. The van der Waals surface area contributed by atoms with Crippen LogP contribution in [0.5, 0.6) is 0 Å². The van der Waals surface area contributed by atoms with Gasteiger partial charge in [0.15, 0.2) is 11.6 Å². The molecule has 4 heterocycles. The van der Waals surface area contributed by atoms with Crippen LogP contribution in [0.2, 0.25) is 0 Å². The van der Waals surface area contributed by atoms with Gasteiger partial charge in [-0.25, -0.2) is 0 Å². The van der Waals surface area contributed by atoms with Crippen molar-refractivity contribution in [3.05, 3.63) is 0 Å². The summed E-state index contributed by atoms with van der Waals surface area (Å²) < 4.78 is 5.58. The summed E-state index contributed by atoms with van der Waals surface area (Å²) in [7, 11) is 3.06. The van der Waals surface area contributed by atoms with E-state index in [-0.39, 0.29) is 99.6 Å². The molecule has 0 radical (unpaired) electrons. The van der Waals surface area contributed by atoms with Gasteiger partial charge < -0.3 is 44.8 Å². The molecule has 4 saturated heterocycles. The van der Waals surface area contributed by atoms with Crippen LogP contribution in [0.1, 0.15) is 140 Å². The highest BCUT2D eigenvalue weighted by Crippen LogP contribution is 2.28. The molecule has 406 valence electrons. The number of amides is 8. The smallest absolute Gasteiger partial charge is 0.245 e. The number of hydrogen-bond donors (Lipinski definition) is 2. The Balaban J connectivity index is 1.73. The van der Waals surface area contributed by atoms with Crippen LogP contribution < -0.4 is 10.6 Å². The molecule has 19 heteroatoms. The summed E-state index contributed by atoms with van der Waals surface area (Å²) in [6.07, 6.45) is 3.51. The van der Waals surface area contributed by atoms with Crippen molar-refractivity contribution >= 4 is 58.8 Å². The van der Waals surface area contributed by atoms with Crippen LogP contribution in [0.15, 0.2) is 0 Å². The van der Waals surface area contributed by atoms with Gasteiger partial charge in [0.05, 0.1) is 19.1 Å². The summed E-state index contributed by atoms with van der Waals surface area (Å²) in [6.45, 7) is 19.2. The van der Waals surface area contributed by atoms with Crippen LogP contribution in [0.3, 0.4) is 0 Å². The molecule has 4 fully saturated rings. The largest absolute Gasteiger partial charge is 0.381 e. The molecule has 72 heavy (non-hydrogen) atoms. The van der Waals surface area contributed by atoms with E-state index in [0.717, 1.165) is 0 Å². The molecular formula is C53H88N8O11. The molecule has 8 amide bonds. The zero-order chi connectivity index (χ0) is 53.7. The van der Waals surface area contributed by atoms with Crippen LogP contribution >= 0.6 is 0 Å². The second-order valence-corrected chi connectivity index (χ2v) is 22.4. The average Bonchev–Trinajstić information content (AvgIpc) is 4.03. The Morgan fingerprint density at radius 1 is 0.569 bits per heavy atom. The van der Waals surface area contributed by atoms with E-state index in [4.69, 9.17) is 4.74 Å². The van der Waals surface area contributed by atoms with Crippen LogP contribution in [0, 0.1) is 35.5 Å². The van der Waals surface area contributed by atoms with Crippen molar-refractivity contribution in [3.8, 4) is 0 Å². The third-order valence-electron chi connectivity index (χ3n) is 14.8. The number of carbonyl (C=O) groups is 10. The third kappa shape index (κ3) is 16.0. The fraction of sp³-hybridized carbons (Fsp3) is 0.811. The van der Waals surface area contributed by atoms with Crippen molar-refractivity contribution in [2.45, 2.75) is 176 Å².